The van der Waals surface area contributed by atoms with E-state index < -0.39 is 0 Å². The first-order chi connectivity index (χ1) is 7.58. The highest BCUT2D eigenvalue weighted by Gasteiger charge is 2.08. The van der Waals surface area contributed by atoms with E-state index in [9.17, 15) is 4.39 Å². The van der Waals surface area contributed by atoms with Crippen LogP contribution in [0.15, 0.2) is 24.3 Å². The van der Waals surface area contributed by atoms with Gasteiger partial charge in [-0.25, -0.2) is 4.39 Å². The molecule has 0 spiro atoms. The zero-order valence-electron chi connectivity index (χ0n) is 9.50. The summed E-state index contributed by atoms with van der Waals surface area (Å²) in [4.78, 5) is 4.23. The van der Waals surface area contributed by atoms with Gasteiger partial charge in [-0.2, -0.15) is 0 Å². The van der Waals surface area contributed by atoms with Crippen molar-refractivity contribution in [1.29, 1.82) is 0 Å². The van der Waals surface area contributed by atoms with Gasteiger partial charge in [0.05, 0.1) is 0 Å². The summed E-state index contributed by atoms with van der Waals surface area (Å²) in [5, 5.41) is 0.864. The number of halogens is 1. The smallest absolute Gasteiger partial charge is 0.149 e. The summed E-state index contributed by atoms with van der Waals surface area (Å²) in [5.41, 5.74) is 8.13. The minimum absolute atomic E-state index is 0.0632. The molecule has 2 aromatic rings. The molecule has 0 aliphatic heterocycles. The van der Waals surface area contributed by atoms with Crippen LogP contribution in [0.3, 0.4) is 0 Å². The molecule has 1 aromatic carbocycles. The SMILES string of the molecule is Cc1cc(CC(C)N)c2cccc(F)c2n1. The second-order valence-corrected chi connectivity index (χ2v) is 4.24. The Balaban J connectivity index is 2.68. The summed E-state index contributed by atoms with van der Waals surface area (Å²) in [6, 6.07) is 7.07. The normalized spacial score (nSPS) is 13.0. The molecule has 0 fully saturated rings. The van der Waals surface area contributed by atoms with Crippen molar-refractivity contribution >= 4 is 10.9 Å². The number of fused-ring (bicyclic) bond motifs is 1. The quantitative estimate of drug-likeness (QED) is 0.841. The molecule has 1 aromatic heterocycles. The first-order valence-electron chi connectivity index (χ1n) is 5.38. The molecule has 3 heteroatoms. The molecular weight excluding hydrogens is 203 g/mol. The Hall–Kier alpha value is -1.48. The Bertz CT molecular complexity index is 521. The molecular formula is C13H15FN2. The van der Waals surface area contributed by atoms with Crippen molar-refractivity contribution < 1.29 is 4.39 Å². The van der Waals surface area contributed by atoms with Crippen molar-refractivity contribution in [2.75, 3.05) is 0 Å². The highest BCUT2D eigenvalue weighted by atomic mass is 19.1. The van der Waals surface area contributed by atoms with Crippen LogP contribution in [0.5, 0.6) is 0 Å². The molecule has 0 amide bonds. The number of nitrogens with two attached hydrogens (primary N) is 1. The van der Waals surface area contributed by atoms with E-state index in [0.29, 0.717) is 5.52 Å². The standard InChI is InChI=1S/C13H15FN2/c1-8(15)6-10-7-9(2)16-13-11(10)4-3-5-12(13)14/h3-5,7-8H,6,15H2,1-2H3. The number of aryl methyl sites for hydroxylation is 1. The summed E-state index contributed by atoms with van der Waals surface area (Å²) in [5.74, 6) is -0.271. The zero-order valence-corrected chi connectivity index (χ0v) is 9.50. The van der Waals surface area contributed by atoms with Crippen molar-refractivity contribution in [3.05, 3.63) is 41.3 Å². The molecule has 1 atom stereocenters. The molecule has 0 bridgehead atoms. The summed E-state index contributed by atoms with van der Waals surface area (Å²) in [6.45, 7) is 3.82. The maximum Gasteiger partial charge on any atom is 0.149 e. The van der Waals surface area contributed by atoms with E-state index in [1.807, 2.05) is 26.0 Å². The fourth-order valence-corrected chi connectivity index (χ4v) is 1.94. The molecule has 0 radical (unpaired) electrons. The summed E-state index contributed by atoms with van der Waals surface area (Å²) in [6.07, 6.45) is 0.739. The lowest BCUT2D eigenvalue weighted by molar-refractivity contribution is 0.636. The summed E-state index contributed by atoms with van der Waals surface area (Å²) in [7, 11) is 0. The number of pyridine rings is 1. The Labute approximate surface area is 94.3 Å². The van der Waals surface area contributed by atoms with Gasteiger partial charge in [0.2, 0.25) is 0 Å². The molecule has 0 saturated carbocycles. The number of rotatable bonds is 2. The lowest BCUT2D eigenvalue weighted by Crippen LogP contribution is -2.18. The van der Waals surface area contributed by atoms with Crippen LogP contribution in [-0.4, -0.2) is 11.0 Å². The fraction of sp³-hybridized carbons (Fsp3) is 0.308. The number of hydrogen-bond donors (Lipinski definition) is 1. The fourth-order valence-electron chi connectivity index (χ4n) is 1.94. The van der Waals surface area contributed by atoms with Gasteiger partial charge in [-0.15, -0.1) is 0 Å². The summed E-state index contributed by atoms with van der Waals surface area (Å²) < 4.78 is 13.6. The molecule has 1 heterocycles. The highest BCUT2D eigenvalue weighted by molar-refractivity contribution is 5.83. The van der Waals surface area contributed by atoms with Gasteiger partial charge in [0.15, 0.2) is 0 Å². The molecule has 16 heavy (non-hydrogen) atoms. The maximum atomic E-state index is 13.6. The Kier molecular flexibility index (Phi) is 2.88. The minimum atomic E-state index is -0.271. The Morgan fingerprint density at radius 2 is 2.19 bits per heavy atom. The van der Waals surface area contributed by atoms with Crippen LogP contribution in [0.25, 0.3) is 10.9 Å². The van der Waals surface area contributed by atoms with Gasteiger partial charge in [-0.05, 0) is 38.0 Å². The van der Waals surface area contributed by atoms with Crippen LogP contribution in [0.1, 0.15) is 18.2 Å². The van der Waals surface area contributed by atoms with Crippen LogP contribution >= 0.6 is 0 Å². The van der Waals surface area contributed by atoms with Crippen molar-refractivity contribution in [1.82, 2.24) is 4.98 Å². The molecule has 0 saturated heterocycles. The van der Waals surface area contributed by atoms with Crippen molar-refractivity contribution in [3.63, 3.8) is 0 Å². The molecule has 0 aliphatic carbocycles. The van der Waals surface area contributed by atoms with Crippen molar-refractivity contribution in [2.24, 2.45) is 5.73 Å². The monoisotopic (exact) mass is 218 g/mol. The van der Waals surface area contributed by atoms with Gasteiger partial charge in [-0.3, -0.25) is 4.98 Å². The zero-order chi connectivity index (χ0) is 11.7. The molecule has 1 unspecified atom stereocenters. The van der Waals surface area contributed by atoms with Gasteiger partial charge in [0.25, 0.3) is 0 Å². The molecule has 84 valence electrons. The van der Waals surface area contributed by atoms with Crippen LogP contribution in [0, 0.1) is 12.7 Å². The number of aromatic nitrogens is 1. The maximum absolute atomic E-state index is 13.6. The average Bonchev–Trinajstić information content (AvgIpc) is 2.18. The lowest BCUT2D eigenvalue weighted by Gasteiger charge is -2.10. The Morgan fingerprint density at radius 1 is 1.44 bits per heavy atom. The van der Waals surface area contributed by atoms with Crippen LogP contribution in [0.2, 0.25) is 0 Å². The van der Waals surface area contributed by atoms with Crippen LogP contribution < -0.4 is 5.73 Å². The molecule has 0 aliphatic rings. The van der Waals surface area contributed by atoms with Crippen LogP contribution in [-0.2, 0) is 6.42 Å². The number of nitrogens with zero attached hydrogens (tertiary/aromatic N) is 1. The van der Waals surface area contributed by atoms with Crippen LogP contribution in [0.4, 0.5) is 4.39 Å². The topological polar surface area (TPSA) is 38.9 Å². The van der Waals surface area contributed by atoms with Gasteiger partial charge in [-0.1, -0.05) is 12.1 Å². The van der Waals surface area contributed by atoms with E-state index in [4.69, 9.17) is 5.73 Å². The average molecular weight is 218 g/mol. The third-order valence-corrected chi connectivity index (χ3v) is 2.55. The summed E-state index contributed by atoms with van der Waals surface area (Å²) >= 11 is 0. The Morgan fingerprint density at radius 3 is 2.88 bits per heavy atom. The first-order valence-corrected chi connectivity index (χ1v) is 5.38. The van der Waals surface area contributed by atoms with Gasteiger partial charge in [0.1, 0.15) is 11.3 Å². The minimum Gasteiger partial charge on any atom is -0.328 e. The third-order valence-electron chi connectivity index (χ3n) is 2.55. The van der Waals surface area contributed by atoms with Gasteiger partial charge >= 0.3 is 0 Å². The lowest BCUT2D eigenvalue weighted by atomic mass is 10.0. The first kappa shape index (κ1) is 11.0. The van der Waals surface area contributed by atoms with E-state index in [1.165, 1.54) is 6.07 Å². The number of hydrogen-bond acceptors (Lipinski definition) is 2. The molecule has 2 nitrogen and oxygen atoms in total. The largest absolute Gasteiger partial charge is 0.328 e. The van der Waals surface area contributed by atoms with Gasteiger partial charge < -0.3 is 5.73 Å². The van der Waals surface area contributed by atoms with E-state index in [2.05, 4.69) is 4.98 Å². The van der Waals surface area contributed by atoms with E-state index in [0.717, 1.165) is 23.1 Å². The van der Waals surface area contributed by atoms with E-state index >= 15 is 0 Å². The second-order valence-electron chi connectivity index (χ2n) is 4.24. The predicted octanol–water partition coefficient (Wildman–Crippen LogP) is 2.57. The third kappa shape index (κ3) is 2.04. The second kappa shape index (κ2) is 4.18. The number of para-hydroxylation sites is 1. The van der Waals surface area contributed by atoms with Crippen molar-refractivity contribution in [2.45, 2.75) is 26.3 Å². The van der Waals surface area contributed by atoms with E-state index in [-0.39, 0.29) is 11.9 Å². The number of benzene rings is 1. The van der Waals surface area contributed by atoms with E-state index in [1.54, 1.807) is 6.07 Å². The molecule has 2 N–H and O–H groups in total. The molecule has 2 rings (SSSR count). The van der Waals surface area contributed by atoms with Gasteiger partial charge in [0, 0.05) is 17.1 Å². The predicted molar refractivity (Wildman–Crippen MR) is 63.8 cm³/mol. The van der Waals surface area contributed by atoms with Crippen molar-refractivity contribution in [3.8, 4) is 0 Å². The highest BCUT2D eigenvalue weighted by Crippen LogP contribution is 2.21.